The predicted molar refractivity (Wildman–Crippen MR) is 82.9 cm³/mol. The zero-order valence-electron chi connectivity index (χ0n) is 12.3. The molecule has 1 aromatic rings. The van der Waals surface area contributed by atoms with Crippen molar-refractivity contribution >= 4 is 11.6 Å². The van der Waals surface area contributed by atoms with E-state index in [1.165, 1.54) is 31.2 Å². The lowest BCUT2D eigenvalue weighted by molar-refractivity contribution is 0.282. The normalized spacial score (nSPS) is 22.6. The SMILES string of the molecule is COc1ccc(CNC2CCCCC2CCl)cc1OC. The summed E-state index contributed by atoms with van der Waals surface area (Å²) in [6.07, 6.45) is 5.08. The van der Waals surface area contributed by atoms with Gasteiger partial charge >= 0.3 is 0 Å². The molecule has 0 heterocycles. The Morgan fingerprint density at radius 2 is 1.90 bits per heavy atom. The van der Waals surface area contributed by atoms with Crippen molar-refractivity contribution in [3.63, 3.8) is 0 Å². The Morgan fingerprint density at radius 3 is 2.60 bits per heavy atom. The minimum atomic E-state index is 0.536. The molecule has 0 amide bonds. The van der Waals surface area contributed by atoms with E-state index >= 15 is 0 Å². The van der Waals surface area contributed by atoms with Gasteiger partial charge in [-0.2, -0.15) is 0 Å². The molecule has 1 aromatic carbocycles. The van der Waals surface area contributed by atoms with Gasteiger partial charge in [0.25, 0.3) is 0 Å². The number of hydrogen-bond donors (Lipinski definition) is 1. The Balaban J connectivity index is 1.96. The highest BCUT2D eigenvalue weighted by atomic mass is 35.5. The molecular formula is C16H24ClNO2. The minimum Gasteiger partial charge on any atom is -0.493 e. The van der Waals surface area contributed by atoms with Gasteiger partial charge in [0.15, 0.2) is 11.5 Å². The summed E-state index contributed by atoms with van der Waals surface area (Å²) >= 11 is 6.07. The van der Waals surface area contributed by atoms with E-state index in [4.69, 9.17) is 21.1 Å². The van der Waals surface area contributed by atoms with Crippen molar-refractivity contribution in [2.24, 2.45) is 5.92 Å². The Labute approximate surface area is 126 Å². The van der Waals surface area contributed by atoms with Crippen molar-refractivity contribution in [3.8, 4) is 11.5 Å². The van der Waals surface area contributed by atoms with Crippen molar-refractivity contribution in [2.75, 3.05) is 20.1 Å². The zero-order valence-corrected chi connectivity index (χ0v) is 13.1. The highest BCUT2D eigenvalue weighted by molar-refractivity contribution is 6.18. The number of ether oxygens (including phenoxy) is 2. The quantitative estimate of drug-likeness (QED) is 0.814. The largest absolute Gasteiger partial charge is 0.493 e. The second-order valence-corrected chi connectivity index (χ2v) is 5.68. The van der Waals surface area contributed by atoms with Crippen molar-refractivity contribution < 1.29 is 9.47 Å². The molecule has 2 rings (SSSR count). The van der Waals surface area contributed by atoms with Gasteiger partial charge in [0.05, 0.1) is 14.2 Å². The summed E-state index contributed by atoms with van der Waals surface area (Å²) in [7, 11) is 3.32. The van der Waals surface area contributed by atoms with Gasteiger partial charge in [0.2, 0.25) is 0 Å². The van der Waals surface area contributed by atoms with Crippen LogP contribution in [0.4, 0.5) is 0 Å². The van der Waals surface area contributed by atoms with Crippen molar-refractivity contribution in [2.45, 2.75) is 38.3 Å². The van der Waals surface area contributed by atoms with Crippen molar-refractivity contribution in [3.05, 3.63) is 23.8 Å². The maximum Gasteiger partial charge on any atom is 0.161 e. The summed E-state index contributed by atoms with van der Waals surface area (Å²) in [5.41, 5.74) is 1.21. The molecule has 0 aliphatic heterocycles. The number of methoxy groups -OCH3 is 2. The van der Waals surface area contributed by atoms with Crippen LogP contribution in [-0.2, 0) is 6.54 Å². The van der Waals surface area contributed by atoms with Gasteiger partial charge in [-0.25, -0.2) is 0 Å². The molecule has 0 saturated heterocycles. The van der Waals surface area contributed by atoms with Crippen LogP contribution >= 0.6 is 11.6 Å². The molecule has 1 aliphatic rings. The lowest BCUT2D eigenvalue weighted by atomic mass is 9.85. The summed E-state index contributed by atoms with van der Waals surface area (Å²) in [6, 6.07) is 6.60. The smallest absolute Gasteiger partial charge is 0.161 e. The molecule has 0 spiro atoms. The molecule has 3 nitrogen and oxygen atoms in total. The summed E-state index contributed by atoms with van der Waals surface area (Å²) in [4.78, 5) is 0. The topological polar surface area (TPSA) is 30.5 Å². The number of hydrogen-bond acceptors (Lipinski definition) is 3. The highest BCUT2D eigenvalue weighted by Crippen LogP contribution is 2.29. The average molecular weight is 298 g/mol. The van der Waals surface area contributed by atoms with Crippen LogP contribution in [0.15, 0.2) is 18.2 Å². The van der Waals surface area contributed by atoms with E-state index < -0.39 is 0 Å². The van der Waals surface area contributed by atoms with E-state index in [1.54, 1.807) is 14.2 Å². The molecule has 1 aliphatic carbocycles. The Morgan fingerprint density at radius 1 is 1.15 bits per heavy atom. The molecule has 0 radical (unpaired) electrons. The lowest BCUT2D eigenvalue weighted by Gasteiger charge is -2.31. The molecule has 1 saturated carbocycles. The van der Waals surface area contributed by atoms with Gasteiger partial charge in [-0.05, 0) is 36.5 Å². The van der Waals surface area contributed by atoms with Crippen LogP contribution < -0.4 is 14.8 Å². The van der Waals surface area contributed by atoms with E-state index in [0.29, 0.717) is 12.0 Å². The maximum absolute atomic E-state index is 6.07. The fourth-order valence-electron chi connectivity index (χ4n) is 2.90. The molecule has 2 unspecified atom stereocenters. The highest BCUT2D eigenvalue weighted by Gasteiger charge is 2.23. The van der Waals surface area contributed by atoms with Gasteiger partial charge < -0.3 is 14.8 Å². The van der Waals surface area contributed by atoms with Crippen LogP contribution in [0.1, 0.15) is 31.2 Å². The predicted octanol–water partition coefficient (Wildman–Crippen LogP) is 3.59. The third-order valence-corrected chi connectivity index (χ3v) is 4.52. The number of benzene rings is 1. The standard InChI is InChI=1S/C16H24ClNO2/c1-19-15-8-7-12(9-16(15)20-2)11-18-14-6-4-3-5-13(14)10-17/h7-9,13-14,18H,3-6,10-11H2,1-2H3. The first-order valence-electron chi connectivity index (χ1n) is 7.28. The fraction of sp³-hybridized carbons (Fsp3) is 0.625. The number of halogens is 1. The lowest BCUT2D eigenvalue weighted by Crippen LogP contribution is -2.38. The Kier molecular flexibility index (Phi) is 5.99. The second-order valence-electron chi connectivity index (χ2n) is 5.38. The molecule has 4 heteroatoms. The van der Waals surface area contributed by atoms with Crippen LogP contribution in [-0.4, -0.2) is 26.1 Å². The van der Waals surface area contributed by atoms with E-state index in [-0.39, 0.29) is 0 Å². The fourth-order valence-corrected chi connectivity index (χ4v) is 3.27. The molecule has 0 bridgehead atoms. The van der Waals surface area contributed by atoms with Crippen LogP contribution in [0.3, 0.4) is 0 Å². The van der Waals surface area contributed by atoms with Gasteiger partial charge in [-0.3, -0.25) is 0 Å². The first kappa shape index (κ1) is 15.5. The average Bonchev–Trinajstić information content (AvgIpc) is 2.52. The molecule has 0 aromatic heterocycles. The van der Waals surface area contributed by atoms with E-state index in [2.05, 4.69) is 11.4 Å². The summed E-state index contributed by atoms with van der Waals surface area (Å²) in [5, 5.41) is 3.65. The third kappa shape index (κ3) is 3.80. The van der Waals surface area contributed by atoms with E-state index in [9.17, 15) is 0 Å². The molecule has 1 N–H and O–H groups in total. The molecule has 112 valence electrons. The van der Waals surface area contributed by atoms with Crippen LogP contribution in [0, 0.1) is 5.92 Å². The Bertz CT molecular complexity index is 425. The van der Waals surface area contributed by atoms with Crippen LogP contribution in [0.2, 0.25) is 0 Å². The van der Waals surface area contributed by atoms with Crippen LogP contribution in [0.25, 0.3) is 0 Å². The van der Waals surface area contributed by atoms with Crippen LogP contribution in [0.5, 0.6) is 11.5 Å². The first-order valence-corrected chi connectivity index (χ1v) is 7.82. The first-order chi connectivity index (χ1) is 9.78. The van der Waals surface area contributed by atoms with Crippen molar-refractivity contribution in [1.29, 1.82) is 0 Å². The zero-order chi connectivity index (χ0) is 14.4. The Hall–Kier alpha value is -0.930. The van der Waals surface area contributed by atoms with Crippen molar-refractivity contribution in [1.82, 2.24) is 5.32 Å². The second kappa shape index (κ2) is 7.75. The van der Waals surface area contributed by atoms with Gasteiger partial charge in [-0.1, -0.05) is 18.9 Å². The monoisotopic (exact) mass is 297 g/mol. The van der Waals surface area contributed by atoms with Gasteiger partial charge in [0, 0.05) is 18.5 Å². The third-order valence-electron chi connectivity index (χ3n) is 4.12. The number of nitrogens with one attached hydrogen (secondary N) is 1. The maximum atomic E-state index is 6.07. The van der Waals surface area contributed by atoms with Gasteiger partial charge in [0.1, 0.15) is 0 Å². The number of alkyl halides is 1. The summed E-state index contributed by atoms with van der Waals surface area (Å²) < 4.78 is 10.6. The van der Waals surface area contributed by atoms with Gasteiger partial charge in [-0.15, -0.1) is 11.6 Å². The van der Waals surface area contributed by atoms with E-state index in [1.807, 2.05) is 12.1 Å². The molecule has 2 atom stereocenters. The molecule has 20 heavy (non-hydrogen) atoms. The molecule has 1 fully saturated rings. The van der Waals surface area contributed by atoms with E-state index in [0.717, 1.165) is 23.9 Å². The molecular weight excluding hydrogens is 274 g/mol. The summed E-state index contributed by atoms with van der Waals surface area (Å²) in [6.45, 7) is 0.846. The summed E-state index contributed by atoms with van der Waals surface area (Å²) in [5.74, 6) is 2.91. The number of rotatable bonds is 6. The minimum absolute atomic E-state index is 0.536.